The second-order valence-corrected chi connectivity index (χ2v) is 9.69. The van der Waals surface area contributed by atoms with Crippen LogP contribution in [0.3, 0.4) is 0 Å². The zero-order valence-corrected chi connectivity index (χ0v) is 17.7. The third-order valence-corrected chi connectivity index (χ3v) is 7.73. The maximum absolute atomic E-state index is 13.8. The van der Waals surface area contributed by atoms with Crippen molar-refractivity contribution < 1.29 is 14.4 Å². The molecule has 1 aliphatic heterocycles. The molecule has 7 heteroatoms. The molecule has 0 unspecified atom stereocenters. The highest BCUT2D eigenvalue weighted by molar-refractivity contribution is 6.12. The van der Waals surface area contributed by atoms with Crippen LogP contribution in [-0.4, -0.2) is 23.5 Å². The van der Waals surface area contributed by atoms with E-state index in [1.165, 1.54) is 6.42 Å². The Labute approximate surface area is 181 Å². The number of rotatable bonds is 4. The molecule has 162 valence electrons. The van der Waals surface area contributed by atoms with Crippen LogP contribution in [0.5, 0.6) is 0 Å². The number of benzene rings is 1. The molecule has 0 N–H and O–H groups in total. The van der Waals surface area contributed by atoms with Crippen molar-refractivity contribution in [3.63, 3.8) is 0 Å². The lowest BCUT2D eigenvalue weighted by atomic mass is 9.62. The second-order valence-electron chi connectivity index (χ2n) is 9.69. The molecule has 0 aromatic heterocycles. The summed E-state index contributed by atoms with van der Waals surface area (Å²) >= 11 is 0. The van der Waals surface area contributed by atoms with Gasteiger partial charge in [0.05, 0.1) is 18.3 Å². The summed E-state index contributed by atoms with van der Waals surface area (Å²) in [6.45, 7) is 0.173. The molecule has 3 aliphatic carbocycles. The third-order valence-electron chi connectivity index (χ3n) is 7.73. The molecular weight excluding hydrogens is 392 g/mol. The first-order valence-electron chi connectivity index (χ1n) is 11.6. The Bertz CT molecular complexity index is 973. The summed E-state index contributed by atoms with van der Waals surface area (Å²) in [7, 11) is 0. The zero-order chi connectivity index (χ0) is 21.5. The SMILES string of the molecule is [N-]=[N+]=NCc1ccc2c(c1)C(=O)[C@H]1[C@@H](C3CCCCC3)CC(=O)C[C@H]1N2C(=O)C1CC1. The topological polar surface area (TPSA) is 103 Å². The molecule has 1 heterocycles. The summed E-state index contributed by atoms with van der Waals surface area (Å²) in [4.78, 5) is 44.7. The van der Waals surface area contributed by atoms with Gasteiger partial charge in [-0.25, -0.2) is 0 Å². The number of azide groups is 1. The summed E-state index contributed by atoms with van der Waals surface area (Å²) in [5.74, 6) is 0.388. The van der Waals surface area contributed by atoms with Gasteiger partial charge >= 0.3 is 0 Å². The van der Waals surface area contributed by atoms with Crippen LogP contribution in [0.4, 0.5) is 5.69 Å². The minimum Gasteiger partial charge on any atom is -0.307 e. The lowest BCUT2D eigenvalue weighted by Crippen LogP contribution is -2.58. The number of carbonyl (C=O) groups excluding carboxylic acids is 3. The van der Waals surface area contributed by atoms with Gasteiger partial charge in [-0.3, -0.25) is 14.4 Å². The summed E-state index contributed by atoms with van der Waals surface area (Å²) in [6.07, 6.45) is 8.14. The fourth-order valence-electron chi connectivity index (χ4n) is 6.13. The maximum atomic E-state index is 13.8. The van der Waals surface area contributed by atoms with Crippen LogP contribution < -0.4 is 4.90 Å². The van der Waals surface area contributed by atoms with Crippen molar-refractivity contribution in [2.45, 2.75) is 70.4 Å². The van der Waals surface area contributed by atoms with Gasteiger partial charge in [0.1, 0.15) is 5.78 Å². The van der Waals surface area contributed by atoms with Crippen molar-refractivity contribution in [1.82, 2.24) is 0 Å². The molecule has 0 radical (unpaired) electrons. The van der Waals surface area contributed by atoms with Gasteiger partial charge in [0, 0.05) is 35.2 Å². The molecule has 31 heavy (non-hydrogen) atoms. The highest BCUT2D eigenvalue weighted by atomic mass is 16.2. The number of nitrogens with zero attached hydrogens (tertiary/aromatic N) is 4. The van der Waals surface area contributed by atoms with Crippen LogP contribution >= 0.6 is 0 Å². The van der Waals surface area contributed by atoms with Gasteiger partial charge in [0.2, 0.25) is 5.91 Å². The minimum atomic E-state index is -0.357. The minimum absolute atomic E-state index is 0.00901. The summed E-state index contributed by atoms with van der Waals surface area (Å²) < 4.78 is 0. The van der Waals surface area contributed by atoms with Gasteiger partial charge in [-0.1, -0.05) is 43.3 Å². The summed E-state index contributed by atoms with van der Waals surface area (Å²) in [6, 6.07) is 5.06. The van der Waals surface area contributed by atoms with Gasteiger partial charge < -0.3 is 4.90 Å². The van der Waals surface area contributed by atoms with E-state index in [1.54, 1.807) is 12.1 Å². The highest BCUT2D eigenvalue weighted by Gasteiger charge is 2.53. The van der Waals surface area contributed by atoms with Gasteiger partial charge in [0.15, 0.2) is 5.78 Å². The summed E-state index contributed by atoms with van der Waals surface area (Å²) in [5, 5.41) is 3.63. The van der Waals surface area contributed by atoms with E-state index in [0.29, 0.717) is 23.6 Å². The molecule has 3 fully saturated rings. The van der Waals surface area contributed by atoms with E-state index in [9.17, 15) is 14.4 Å². The Kier molecular flexibility index (Phi) is 5.30. The van der Waals surface area contributed by atoms with Crippen molar-refractivity contribution in [3.8, 4) is 0 Å². The van der Waals surface area contributed by atoms with Crippen LogP contribution in [-0.2, 0) is 16.1 Å². The molecule has 4 aliphatic rings. The zero-order valence-electron chi connectivity index (χ0n) is 17.7. The fourth-order valence-corrected chi connectivity index (χ4v) is 6.13. The molecule has 0 saturated heterocycles. The lowest BCUT2D eigenvalue weighted by Gasteiger charge is -2.49. The van der Waals surface area contributed by atoms with Crippen LogP contribution in [0.2, 0.25) is 0 Å². The van der Waals surface area contributed by atoms with E-state index in [1.807, 2.05) is 11.0 Å². The Morgan fingerprint density at radius 3 is 2.58 bits per heavy atom. The number of amides is 1. The molecule has 1 aromatic rings. The van der Waals surface area contributed by atoms with Gasteiger partial charge in [-0.05, 0) is 47.9 Å². The van der Waals surface area contributed by atoms with E-state index >= 15 is 0 Å². The Morgan fingerprint density at radius 1 is 1.10 bits per heavy atom. The molecule has 3 atom stereocenters. The molecule has 3 saturated carbocycles. The van der Waals surface area contributed by atoms with Gasteiger partial charge in [0.25, 0.3) is 0 Å². The van der Waals surface area contributed by atoms with Crippen molar-refractivity contribution in [3.05, 3.63) is 39.8 Å². The van der Waals surface area contributed by atoms with Gasteiger partial charge in [-0.2, -0.15) is 0 Å². The Hall–Kier alpha value is -2.66. The first-order chi connectivity index (χ1) is 15.1. The van der Waals surface area contributed by atoms with Crippen LogP contribution in [0.1, 0.15) is 73.7 Å². The quantitative estimate of drug-likeness (QED) is 0.390. The van der Waals surface area contributed by atoms with Crippen molar-refractivity contribution >= 4 is 23.2 Å². The first-order valence-corrected chi connectivity index (χ1v) is 11.6. The predicted molar refractivity (Wildman–Crippen MR) is 115 cm³/mol. The molecule has 0 spiro atoms. The molecule has 0 bridgehead atoms. The van der Waals surface area contributed by atoms with Crippen LogP contribution in [0.15, 0.2) is 23.3 Å². The molecule has 7 nitrogen and oxygen atoms in total. The van der Waals surface area contributed by atoms with Gasteiger partial charge in [-0.15, -0.1) is 0 Å². The van der Waals surface area contributed by atoms with Crippen LogP contribution in [0.25, 0.3) is 10.4 Å². The number of fused-ring (bicyclic) bond motifs is 2. The molecule has 5 rings (SSSR count). The van der Waals surface area contributed by atoms with E-state index in [-0.39, 0.29) is 54.2 Å². The summed E-state index contributed by atoms with van der Waals surface area (Å²) in [5.41, 5.74) is 10.6. The number of hydrogen-bond acceptors (Lipinski definition) is 4. The number of hydrogen-bond donors (Lipinski definition) is 0. The average Bonchev–Trinajstić information content (AvgIpc) is 3.63. The molecule has 1 aromatic carbocycles. The number of anilines is 1. The van der Waals surface area contributed by atoms with Crippen LogP contribution in [0, 0.1) is 23.7 Å². The first kappa shape index (κ1) is 20.3. The maximum Gasteiger partial charge on any atom is 0.230 e. The molecular formula is C24H28N4O3. The fraction of sp³-hybridized carbons (Fsp3) is 0.625. The average molecular weight is 421 g/mol. The third kappa shape index (κ3) is 3.65. The second kappa shape index (κ2) is 8.12. The number of ketones is 2. The number of carbonyl (C=O) groups is 3. The van der Waals surface area contributed by atoms with E-state index in [4.69, 9.17) is 5.53 Å². The van der Waals surface area contributed by atoms with Crippen molar-refractivity contribution in [1.29, 1.82) is 0 Å². The standard InChI is InChI=1S/C24H28N4O3/c25-27-26-13-14-6-9-20-19(10-14)23(30)22-18(15-4-2-1-3-5-15)11-17(29)12-21(22)28(20)24(31)16-7-8-16/h6,9-10,15-16,18,21-22H,1-5,7-8,11-13H2/t18-,21-,22+/m1/s1. The lowest BCUT2D eigenvalue weighted by molar-refractivity contribution is -0.125. The van der Waals surface area contributed by atoms with E-state index < -0.39 is 0 Å². The largest absolute Gasteiger partial charge is 0.307 e. The smallest absolute Gasteiger partial charge is 0.230 e. The van der Waals surface area contributed by atoms with Crippen molar-refractivity contribution in [2.75, 3.05) is 4.90 Å². The monoisotopic (exact) mass is 420 g/mol. The predicted octanol–water partition coefficient (Wildman–Crippen LogP) is 4.98. The van der Waals surface area contributed by atoms with Crippen molar-refractivity contribution in [2.24, 2.45) is 28.8 Å². The Balaban J connectivity index is 1.59. The van der Waals surface area contributed by atoms with E-state index in [2.05, 4.69) is 10.0 Å². The van der Waals surface area contributed by atoms with E-state index in [0.717, 1.165) is 44.1 Å². The Morgan fingerprint density at radius 2 is 1.87 bits per heavy atom. The highest BCUT2D eigenvalue weighted by Crippen LogP contribution is 2.49. The normalized spacial score (nSPS) is 28.5. The molecule has 1 amide bonds. The number of Topliss-reactive ketones (excluding diaryl/α,β-unsaturated/α-hetero) is 2.